The van der Waals surface area contributed by atoms with Crippen LogP contribution in [0.4, 0.5) is 0 Å². The maximum Gasteiger partial charge on any atom is 0.344 e. The van der Waals surface area contributed by atoms with Crippen LogP contribution in [0.15, 0.2) is 55.1 Å². The molecule has 0 aliphatic carbocycles. The highest BCUT2D eigenvalue weighted by molar-refractivity contribution is 6.31. The predicted molar refractivity (Wildman–Crippen MR) is 98.6 cm³/mol. The fraction of sp³-hybridized carbons (Fsp3) is 0.158. The van der Waals surface area contributed by atoms with E-state index in [4.69, 9.17) is 26.3 Å². The lowest BCUT2D eigenvalue weighted by atomic mass is 9.93. The van der Waals surface area contributed by atoms with Gasteiger partial charge in [0, 0.05) is 5.56 Å². The first-order chi connectivity index (χ1) is 13.5. The molecule has 1 atom stereocenters. The second-order valence-corrected chi connectivity index (χ2v) is 6.23. The van der Waals surface area contributed by atoms with Crippen LogP contribution >= 0.6 is 11.6 Å². The van der Waals surface area contributed by atoms with E-state index in [1.165, 1.54) is 36.6 Å². The van der Waals surface area contributed by atoms with Gasteiger partial charge in [-0.1, -0.05) is 17.7 Å². The SMILES string of the molecule is COC(=O)C(O)(Cn1cncn1)c1ccc(Oc2ccc(C#N)cc2)cc1Cl. The Bertz CT molecular complexity index is 1020. The summed E-state index contributed by atoms with van der Waals surface area (Å²) in [5.74, 6) is 0.0192. The van der Waals surface area contributed by atoms with Crippen LogP contribution in [0, 0.1) is 11.3 Å². The van der Waals surface area contributed by atoms with Crippen LogP contribution in [0.25, 0.3) is 0 Å². The lowest BCUT2D eigenvalue weighted by Crippen LogP contribution is -2.41. The smallest absolute Gasteiger partial charge is 0.344 e. The van der Waals surface area contributed by atoms with Crippen molar-refractivity contribution >= 4 is 17.6 Å². The third-order valence-corrected chi connectivity index (χ3v) is 4.30. The Labute approximate surface area is 165 Å². The van der Waals surface area contributed by atoms with Crippen molar-refractivity contribution in [3.05, 3.63) is 71.3 Å². The van der Waals surface area contributed by atoms with Gasteiger partial charge in [0.05, 0.1) is 30.3 Å². The Morgan fingerprint density at radius 3 is 2.57 bits per heavy atom. The molecule has 0 radical (unpaired) electrons. The van der Waals surface area contributed by atoms with Gasteiger partial charge in [0.25, 0.3) is 0 Å². The van der Waals surface area contributed by atoms with E-state index in [1.807, 2.05) is 6.07 Å². The number of nitriles is 1. The van der Waals surface area contributed by atoms with Crippen molar-refractivity contribution in [2.45, 2.75) is 12.1 Å². The summed E-state index contributed by atoms with van der Waals surface area (Å²) in [5.41, 5.74) is -1.41. The van der Waals surface area contributed by atoms with Gasteiger partial charge in [-0.05, 0) is 36.4 Å². The summed E-state index contributed by atoms with van der Waals surface area (Å²) < 4.78 is 11.8. The number of hydrogen-bond acceptors (Lipinski definition) is 7. The molecule has 0 saturated heterocycles. The highest BCUT2D eigenvalue weighted by Crippen LogP contribution is 2.34. The van der Waals surface area contributed by atoms with Gasteiger partial charge in [-0.25, -0.2) is 14.5 Å². The molecule has 3 rings (SSSR count). The third-order valence-electron chi connectivity index (χ3n) is 3.99. The average molecular weight is 399 g/mol. The number of hydrogen-bond donors (Lipinski definition) is 1. The minimum absolute atomic E-state index is 0.110. The second kappa shape index (κ2) is 8.08. The van der Waals surface area contributed by atoms with E-state index < -0.39 is 11.6 Å². The van der Waals surface area contributed by atoms with Crippen molar-refractivity contribution < 1.29 is 19.4 Å². The molecule has 0 bridgehead atoms. The van der Waals surface area contributed by atoms with Crippen molar-refractivity contribution in [2.75, 3.05) is 7.11 Å². The number of halogens is 1. The van der Waals surface area contributed by atoms with E-state index >= 15 is 0 Å². The Morgan fingerprint density at radius 2 is 2.00 bits per heavy atom. The number of esters is 1. The quantitative estimate of drug-likeness (QED) is 0.635. The van der Waals surface area contributed by atoms with Crippen molar-refractivity contribution in [3.8, 4) is 17.6 Å². The molecule has 1 heterocycles. The summed E-state index contributed by atoms with van der Waals surface area (Å²) in [6.07, 6.45) is 2.65. The number of carbonyl (C=O) groups excluding carboxylic acids is 1. The Kier molecular flexibility index (Phi) is 5.59. The van der Waals surface area contributed by atoms with Crippen LogP contribution in [0.1, 0.15) is 11.1 Å². The molecule has 0 amide bonds. The van der Waals surface area contributed by atoms with E-state index in [0.29, 0.717) is 17.1 Å². The Balaban J connectivity index is 1.90. The molecule has 0 saturated carbocycles. The second-order valence-electron chi connectivity index (χ2n) is 5.82. The number of nitrogens with zero attached hydrogens (tertiary/aromatic N) is 4. The number of carbonyl (C=O) groups is 1. The zero-order valence-electron chi connectivity index (χ0n) is 14.7. The Morgan fingerprint density at radius 1 is 1.29 bits per heavy atom. The molecule has 142 valence electrons. The van der Waals surface area contributed by atoms with Gasteiger partial charge in [-0.3, -0.25) is 0 Å². The van der Waals surface area contributed by atoms with E-state index in [-0.39, 0.29) is 17.1 Å². The number of ether oxygens (including phenoxy) is 2. The van der Waals surface area contributed by atoms with Gasteiger partial charge in [-0.15, -0.1) is 0 Å². The van der Waals surface area contributed by atoms with E-state index in [2.05, 4.69) is 10.1 Å². The van der Waals surface area contributed by atoms with Crippen LogP contribution in [-0.2, 0) is 21.7 Å². The number of rotatable bonds is 6. The zero-order chi connectivity index (χ0) is 20.1. The maximum atomic E-state index is 12.3. The van der Waals surface area contributed by atoms with Gasteiger partial charge in [0.1, 0.15) is 24.2 Å². The summed E-state index contributed by atoms with van der Waals surface area (Å²) in [6.45, 7) is -0.227. The van der Waals surface area contributed by atoms with Crippen molar-refractivity contribution in [1.29, 1.82) is 5.26 Å². The van der Waals surface area contributed by atoms with Crippen LogP contribution in [0.2, 0.25) is 5.02 Å². The minimum atomic E-state index is -2.06. The van der Waals surface area contributed by atoms with Gasteiger partial charge in [0.2, 0.25) is 5.60 Å². The molecule has 8 nitrogen and oxygen atoms in total. The topological polar surface area (TPSA) is 110 Å². The molecule has 1 N–H and O–H groups in total. The highest BCUT2D eigenvalue weighted by atomic mass is 35.5. The molecule has 28 heavy (non-hydrogen) atoms. The van der Waals surface area contributed by atoms with Crippen LogP contribution in [0.3, 0.4) is 0 Å². The molecule has 0 spiro atoms. The molecule has 1 aromatic heterocycles. The molecule has 0 fully saturated rings. The summed E-state index contributed by atoms with van der Waals surface area (Å²) in [7, 11) is 1.17. The van der Waals surface area contributed by atoms with E-state index in [9.17, 15) is 9.90 Å². The van der Waals surface area contributed by atoms with Gasteiger partial charge in [0.15, 0.2) is 0 Å². The summed E-state index contributed by atoms with van der Waals surface area (Å²) in [5, 5.41) is 23.9. The van der Waals surface area contributed by atoms with Crippen molar-refractivity contribution in [3.63, 3.8) is 0 Å². The molecular weight excluding hydrogens is 384 g/mol. The minimum Gasteiger partial charge on any atom is -0.467 e. The zero-order valence-corrected chi connectivity index (χ0v) is 15.5. The van der Waals surface area contributed by atoms with E-state index in [0.717, 1.165) is 0 Å². The third kappa shape index (κ3) is 3.96. The Hall–Kier alpha value is -3.41. The highest BCUT2D eigenvalue weighted by Gasteiger charge is 2.42. The predicted octanol–water partition coefficient (Wildman–Crippen LogP) is 2.66. The lowest BCUT2D eigenvalue weighted by Gasteiger charge is -2.26. The molecule has 9 heteroatoms. The first kappa shape index (κ1) is 19.4. The monoisotopic (exact) mass is 398 g/mol. The molecule has 0 aliphatic heterocycles. The first-order valence-corrected chi connectivity index (χ1v) is 8.45. The van der Waals surface area contributed by atoms with Crippen LogP contribution in [0.5, 0.6) is 11.5 Å². The molecule has 1 unspecified atom stereocenters. The van der Waals surface area contributed by atoms with Crippen LogP contribution < -0.4 is 4.74 Å². The standard InChI is InChI=1S/C19H15ClN4O4/c1-27-18(25)19(26,10-24-12-22-11-23-24)16-7-6-15(8-17(16)20)28-14-4-2-13(9-21)3-5-14/h2-8,11-12,26H,10H2,1H3. The summed E-state index contributed by atoms with van der Waals surface area (Å²) in [6, 6.07) is 13.1. The summed E-state index contributed by atoms with van der Waals surface area (Å²) >= 11 is 6.33. The number of benzene rings is 2. The molecule has 3 aromatic rings. The average Bonchev–Trinajstić information content (AvgIpc) is 3.20. The molecule has 0 aliphatic rings. The number of aromatic nitrogens is 3. The largest absolute Gasteiger partial charge is 0.467 e. The normalized spacial score (nSPS) is 12.6. The van der Waals surface area contributed by atoms with Gasteiger partial charge < -0.3 is 14.6 Å². The fourth-order valence-electron chi connectivity index (χ4n) is 2.61. The molecular formula is C19H15ClN4O4. The maximum absolute atomic E-state index is 12.3. The van der Waals surface area contributed by atoms with Gasteiger partial charge >= 0.3 is 5.97 Å². The lowest BCUT2D eigenvalue weighted by molar-refractivity contribution is -0.165. The fourth-order valence-corrected chi connectivity index (χ4v) is 2.93. The van der Waals surface area contributed by atoms with Crippen LogP contribution in [-0.4, -0.2) is 33.0 Å². The van der Waals surface area contributed by atoms with Crippen molar-refractivity contribution in [2.24, 2.45) is 0 Å². The molecule has 2 aromatic carbocycles. The van der Waals surface area contributed by atoms with Crippen molar-refractivity contribution in [1.82, 2.24) is 14.8 Å². The number of aliphatic hydroxyl groups is 1. The van der Waals surface area contributed by atoms with E-state index in [1.54, 1.807) is 30.3 Å². The first-order valence-electron chi connectivity index (χ1n) is 8.07. The van der Waals surface area contributed by atoms with Gasteiger partial charge in [-0.2, -0.15) is 10.4 Å². The summed E-state index contributed by atoms with van der Waals surface area (Å²) in [4.78, 5) is 16.1. The number of methoxy groups -OCH3 is 1.